The number of halogens is 2. The van der Waals surface area contributed by atoms with Gasteiger partial charge in [0.15, 0.2) is 11.5 Å². The second-order valence-electron chi connectivity index (χ2n) is 4.53. The van der Waals surface area contributed by atoms with E-state index in [1.807, 2.05) is 0 Å². The number of ether oxygens (including phenoxy) is 2. The van der Waals surface area contributed by atoms with Crippen molar-refractivity contribution >= 4 is 40.9 Å². The maximum absolute atomic E-state index is 12.0. The summed E-state index contributed by atoms with van der Waals surface area (Å²) in [6.45, 7) is 0.192. The lowest BCUT2D eigenvalue weighted by Gasteiger charge is -2.04. The highest BCUT2D eigenvalue weighted by Crippen LogP contribution is 2.34. The highest BCUT2D eigenvalue weighted by molar-refractivity contribution is 6.37. The number of carbonyl (C=O) groups is 1. The SMILES string of the molecule is O=C(C=Cc1c(Cl)cccc1Cl)Nc1ccc2c(c1)OCO2. The zero-order valence-electron chi connectivity index (χ0n) is 11.3. The summed E-state index contributed by atoms with van der Waals surface area (Å²) in [5.74, 6) is 0.974. The van der Waals surface area contributed by atoms with E-state index in [1.165, 1.54) is 6.08 Å². The van der Waals surface area contributed by atoms with Gasteiger partial charge in [-0.2, -0.15) is 0 Å². The summed E-state index contributed by atoms with van der Waals surface area (Å²) in [4.78, 5) is 12.0. The third-order valence-electron chi connectivity index (χ3n) is 3.04. The molecule has 0 aliphatic carbocycles. The van der Waals surface area contributed by atoms with Gasteiger partial charge in [0.2, 0.25) is 12.7 Å². The van der Waals surface area contributed by atoms with Gasteiger partial charge < -0.3 is 14.8 Å². The number of benzene rings is 2. The van der Waals surface area contributed by atoms with Crippen LogP contribution < -0.4 is 14.8 Å². The van der Waals surface area contributed by atoms with Gasteiger partial charge in [0, 0.05) is 33.4 Å². The lowest BCUT2D eigenvalue weighted by atomic mass is 10.2. The molecule has 6 heteroatoms. The fraction of sp³-hybridized carbons (Fsp3) is 0.0625. The standard InChI is InChI=1S/C16H11Cl2NO3/c17-12-2-1-3-13(18)11(12)5-7-16(20)19-10-4-6-14-15(8-10)22-9-21-14/h1-8H,9H2,(H,19,20). The fourth-order valence-electron chi connectivity index (χ4n) is 1.99. The van der Waals surface area contributed by atoms with Crippen molar-refractivity contribution in [1.82, 2.24) is 0 Å². The minimum absolute atomic E-state index is 0.192. The number of hydrogen-bond acceptors (Lipinski definition) is 3. The van der Waals surface area contributed by atoms with Gasteiger partial charge in [-0.25, -0.2) is 0 Å². The number of rotatable bonds is 3. The van der Waals surface area contributed by atoms with Gasteiger partial charge in [0.25, 0.3) is 0 Å². The van der Waals surface area contributed by atoms with Crippen molar-refractivity contribution in [2.75, 3.05) is 12.1 Å². The van der Waals surface area contributed by atoms with Gasteiger partial charge in [0.05, 0.1) is 0 Å². The van der Waals surface area contributed by atoms with E-state index in [1.54, 1.807) is 42.5 Å². The van der Waals surface area contributed by atoms with E-state index in [-0.39, 0.29) is 12.7 Å². The molecule has 0 spiro atoms. The Kier molecular flexibility index (Phi) is 4.22. The molecule has 0 unspecified atom stereocenters. The molecule has 0 aromatic heterocycles. The minimum Gasteiger partial charge on any atom is -0.454 e. The Balaban J connectivity index is 1.71. The van der Waals surface area contributed by atoms with Crippen molar-refractivity contribution in [3.8, 4) is 11.5 Å². The molecule has 112 valence electrons. The number of carbonyl (C=O) groups excluding carboxylic acids is 1. The third kappa shape index (κ3) is 3.18. The van der Waals surface area contributed by atoms with Crippen molar-refractivity contribution in [3.63, 3.8) is 0 Å². The summed E-state index contributed by atoms with van der Waals surface area (Å²) >= 11 is 12.1. The molecule has 1 aliphatic heterocycles. The molecule has 2 aromatic carbocycles. The maximum Gasteiger partial charge on any atom is 0.248 e. The van der Waals surface area contributed by atoms with Crippen LogP contribution in [0.3, 0.4) is 0 Å². The molecule has 22 heavy (non-hydrogen) atoms. The van der Waals surface area contributed by atoms with Crippen LogP contribution in [0.25, 0.3) is 6.08 Å². The first-order chi connectivity index (χ1) is 10.6. The smallest absolute Gasteiger partial charge is 0.248 e. The molecule has 0 saturated carbocycles. The van der Waals surface area contributed by atoms with Gasteiger partial charge in [0.1, 0.15) is 0 Å². The van der Waals surface area contributed by atoms with Crippen LogP contribution in [0.5, 0.6) is 11.5 Å². The molecule has 3 rings (SSSR count). The molecule has 0 fully saturated rings. The zero-order chi connectivity index (χ0) is 15.5. The van der Waals surface area contributed by atoms with Crippen LogP contribution in [-0.2, 0) is 4.79 Å². The first kappa shape index (κ1) is 14.8. The van der Waals surface area contributed by atoms with Gasteiger partial charge >= 0.3 is 0 Å². The average Bonchev–Trinajstić information content (AvgIpc) is 2.94. The molecule has 0 bridgehead atoms. The minimum atomic E-state index is -0.296. The summed E-state index contributed by atoms with van der Waals surface area (Å²) in [5.41, 5.74) is 1.22. The summed E-state index contributed by atoms with van der Waals surface area (Å²) in [6.07, 6.45) is 2.95. The Labute approximate surface area is 137 Å². The predicted molar refractivity (Wildman–Crippen MR) is 86.7 cm³/mol. The van der Waals surface area contributed by atoms with E-state index in [9.17, 15) is 4.79 Å². The summed E-state index contributed by atoms with van der Waals surface area (Å²) in [7, 11) is 0. The lowest BCUT2D eigenvalue weighted by Crippen LogP contribution is -2.07. The van der Waals surface area contributed by atoms with Crippen molar-refractivity contribution in [2.45, 2.75) is 0 Å². The molecule has 2 aromatic rings. The van der Waals surface area contributed by atoms with Gasteiger partial charge in [-0.05, 0) is 30.3 Å². The number of amides is 1. The molecular weight excluding hydrogens is 325 g/mol. The van der Waals surface area contributed by atoms with E-state index in [4.69, 9.17) is 32.7 Å². The highest BCUT2D eigenvalue weighted by Gasteiger charge is 2.13. The van der Waals surface area contributed by atoms with Gasteiger partial charge in [-0.1, -0.05) is 29.3 Å². The monoisotopic (exact) mass is 335 g/mol. The van der Waals surface area contributed by atoms with Crippen LogP contribution >= 0.6 is 23.2 Å². The Morgan fingerprint density at radius 1 is 1.09 bits per heavy atom. The summed E-state index contributed by atoms with van der Waals surface area (Å²) in [5, 5.41) is 3.70. The van der Waals surface area contributed by atoms with Crippen molar-refractivity contribution in [1.29, 1.82) is 0 Å². The lowest BCUT2D eigenvalue weighted by molar-refractivity contribution is -0.111. The molecule has 0 radical (unpaired) electrons. The largest absolute Gasteiger partial charge is 0.454 e. The topological polar surface area (TPSA) is 47.6 Å². The van der Waals surface area contributed by atoms with Gasteiger partial charge in [-0.3, -0.25) is 4.79 Å². The predicted octanol–water partition coefficient (Wildman–Crippen LogP) is 4.37. The van der Waals surface area contributed by atoms with E-state index in [2.05, 4.69) is 5.32 Å². The fourth-order valence-corrected chi connectivity index (χ4v) is 2.51. The second-order valence-corrected chi connectivity index (χ2v) is 5.34. The molecule has 1 heterocycles. The van der Waals surface area contributed by atoms with Crippen molar-refractivity contribution < 1.29 is 14.3 Å². The number of anilines is 1. The first-order valence-electron chi connectivity index (χ1n) is 6.46. The molecule has 0 saturated heterocycles. The molecular formula is C16H11Cl2NO3. The van der Waals surface area contributed by atoms with E-state index >= 15 is 0 Å². The van der Waals surface area contributed by atoms with E-state index in [0.29, 0.717) is 32.8 Å². The highest BCUT2D eigenvalue weighted by atomic mass is 35.5. The normalized spacial score (nSPS) is 12.6. The zero-order valence-corrected chi connectivity index (χ0v) is 12.8. The van der Waals surface area contributed by atoms with Crippen LogP contribution in [-0.4, -0.2) is 12.7 Å². The Morgan fingerprint density at radius 2 is 1.82 bits per heavy atom. The number of nitrogens with one attached hydrogen (secondary N) is 1. The molecule has 0 atom stereocenters. The third-order valence-corrected chi connectivity index (χ3v) is 3.70. The van der Waals surface area contributed by atoms with E-state index < -0.39 is 0 Å². The van der Waals surface area contributed by atoms with Crippen LogP contribution in [0, 0.1) is 0 Å². The molecule has 4 nitrogen and oxygen atoms in total. The van der Waals surface area contributed by atoms with Crippen LogP contribution in [0.2, 0.25) is 10.0 Å². The Bertz CT molecular complexity index is 739. The van der Waals surface area contributed by atoms with Gasteiger partial charge in [-0.15, -0.1) is 0 Å². The Hall–Kier alpha value is -2.17. The Morgan fingerprint density at radius 3 is 2.59 bits per heavy atom. The van der Waals surface area contributed by atoms with E-state index in [0.717, 1.165) is 0 Å². The van der Waals surface area contributed by atoms with Crippen LogP contribution in [0.15, 0.2) is 42.5 Å². The molecule has 1 N–H and O–H groups in total. The van der Waals surface area contributed by atoms with Crippen LogP contribution in [0.4, 0.5) is 5.69 Å². The first-order valence-corrected chi connectivity index (χ1v) is 7.22. The number of hydrogen-bond donors (Lipinski definition) is 1. The summed E-state index contributed by atoms with van der Waals surface area (Å²) < 4.78 is 10.5. The van der Waals surface area contributed by atoms with Crippen LogP contribution in [0.1, 0.15) is 5.56 Å². The van der Waals surface area contributed by atoms with Crippen molar-refractivity contribution in [2.24, 2.45) is 0 Å². The number of fused-ring (bicyclic) bond motifs is 1. The molecule has 1 amide bonds. The quantitative estimate of drug-likeness (QED) is 0.847. The maximum atomic E-state index is 12.0. The van der Waals surface area contributed by atoms with Crippen molar-refractivity contribution in [3.05, 3.63) is 58.1 Å². The average molecular weight is 336 g/mol. The second kappa shape index (κ2) is 6.30. The summed E-state index contributed by atoms with van der Waals surface area (Å²) in [6, 6.07) is 10.4. The molecule has 1 aliphatic rings.